The normalized spacial score (nSPS) is 17.2. The van der Waals surface area contributed by atoms with E-state index in [1.165, 1.54) is 25.7 Å². The Balaban J connectivity index is 2.20. The van der Waals surface area contributed by atoms with E-state index >= 15 is 0 Å². The maximum Gasteiger partial charge on any atom is 0.225 e. The number of aromatic nitrogens is 2. The number of nitrogens with zero attached hydrogens (tertiary/aromatic N) is 3. The molecule has 2 heterocycles. The Morgan fingerprint density at radius 2 is 1.68 bits per heavy atom. The van der Waals surface area contributed by atoms with Gasteiger partial charge in [-0.2, -0.15) is 4.98 Å². The number of aryl methyl sites for hydroxylation is 1. The fourth-order valence-corrected chi connectivity index (χ4v) is 2.41. The second-order valence-corrected chi connectivity index (χ2v) is 6.47. The van der Waals surface area contributed by atoms with Crippen LogP contribution in [0.25, 0.3) is 0 Å². The minimum absolute atomic E-state index is 0.0101. The van der Waals surface area contributed by atoms with Crippen molar-refractivity contribution in [1.29, 1.82) is 0 Å². The van der Waals surface area contributed by atoms with Gasteiger partial charge in [0.25, 0.3) is 0 Å². The molecule has 0 aromatic carbocycles. The summed E-state index contributed by atoms with van der Waals surface area (Å²) >= 11 is 0. The summed E-state index contributed by atoms with van der Waals surface area (Å²) in [6.07, 6.45) is 5.22. The van der Waals surface area contributed by atoms with Gasteiger partial charge in [0.1, 0.15) is 5.82 Å². The smallest absolute Gasteiger partial charge is 0.225 e. The van der Waals surface area contributed by atoms with Gasteiger partial charge in [0.15, 0.2) is 0 Å². The largest absolute Gasteiger partial charge is 0.356 e. The van der Waals surface area contributed by atoms with Crippen molar-refractivity contribution in [2.75, 3.05) is 23.3 Å². The van der Waals surface area contributed by atoms with Crippen LogP contribution in [0, 0.1) is 6.92 Å². The van der Waals surface area contributed by atoms with Gasteiger partial charge in [-0.25, -0.2) is 4.98 Å². The van der Waals surface area contributed by atoms with E-state index in [4.69, 9.17) is 0 Å². The van der Waals surface area contributed by atoms with E-state index in [0.29, 0.717) is 0 Å². The van der Waals surface area contributed by atoms with Crippen LogP contribution in [0.15, 0.2) is 6.07 Å². The topological polar surface area (TPSA) is 41.1 Å². The third-order valence-electron chi connectivity index (χ3n) is 3.26. The Kier molecular flexibility index (Phi) is 4.27. The van der Waals surface area contributed by atoms with Crippen molar-refractivity contribution < 1.29 is 0 Å². The molecule has 0 saturated carbocycles. The second-order valence-electron chi connectivity index (χ2n) is 6.47. The lowest BCUT2D eigenvalue weighted by Crippen LogP contribution is -2.29. The molecule has 0 atom stereocenters. The van der Waals surface area contributed by atoms with E-state index in [1.54, 1.807) is 0 Å². The molecule has 1 aromatic heterocycles. The molecule has 19 heavy (non-hydrogen) atoms. The molecule has 4 nitrogen and oxygen atoms in total. The van der Waals surface area contributed by atoms with Crippen molar-refractivity contribution in [1.82, 2.24) is 9.97 Å². The first kappa shape index (κ1) is 14.1. The summed E-state index contributed by atoms with van der Waals surface area (Å²) in [6, 6.07) is 2.10. The van der Waals surface area contributed by atoms with Gasteiger partial charge in [0, 0.05) is 30.4 Å². The quantitative estimate of drug-likeness (QED) is 0.887. The molecule has 4 heteroatoms. The van der Waals surface area contributed by atoms with Crippen LogP contribution in [0.2, 0.25) is 0 Å². The molecular formula is C15H26N4. The summed E-state index contributed by atoms with van der Waals surface area (Å²) < 4.78 is 0. The third kappa shape index (κ3) is 4.37. The van der Waals surface area contributed by atoms with Crippen LogP contribution in [0.1, 0.15) is 52.1 Å². The number of hydrogen-bond acceptors (Lipinski definition) is 4. The lowest BCUT2D eigenvalue weighted by molar-refractivity contribution is 0.624. The average molecular weight is 262 g/mol. The first-order valence-electron chi connectivity index (χ1n) is 7.33. The van der Waals surface area contributed by atoms with Crippen LogP contribution >= 0.6 is 0 Å². The van der Waals surface area contributed by atoms with Crippen LogP contribution in [0.4, 0.5) is 11.8 Å². The molecule has 1 saturated heterocycles. The second kappa shape index (κ2) is 5.76. The van der Waals surface area contributed by atoms with Crippen molar-refractivity contribution in [3.63, 3.8) is 0 Å². The number of nitrogens with one attached hydrogen (secondary N) is 1. The molecule has 1 aliphatic heterocycles. The Bertz CT molecular complexity index is 415. The van der Waals surface area contributed by atoms with Gasteiger partial charge in [-0.1, -0.05) is 12.8 Å². The molecule has 0 unspecified atom stereocenters. The molecule has 0 spiro atoms. The zero-order chi connectivity index (χ0) is 13.9. The summed E-state index contributed by atoms with van der Waals surface area (Å²) in [4.78, 5) is 11.6. The van der Waals surface area contributed by atoms with Crippen LogP contribution < -0.4 is 10.2 Å². The van der Waals surface area contributed by atoms with Gasteiger partial charge in [0.05, 0.1) is 0 Å². The summed E-state index contributed by atoms with van der Waals surface area (Å²) in [5.41, 5.74) is 1.02. The highest BCUT2D eigenvalue weighted by molar-refractivity contribution is 5.45. The molecule has 0 radical (unpaired) electrons. The Labute approximate surface area is 116 Å². The van der Waals surface area contributed by atoms with E-state index in [1.807, 2.05) is 6.92 Å². The number of anilines is 2. The SMILES string of the molecule is Cc1cc(N2CCCCCC2)nc(NC(C)(C)C)n1. The molecule has 0 bridgehead atoms. The highest BCUT2D eigenvalue weighted by Gasteiger charge is 2.15. The minimum atomic E-state index is -0.0101. The fraction of sp³-hybridized carbons (Fsp3) is 0.733. The van der Waals surface area contributed by atoms with E-state index < -0.39 is 0 Å². The van der Waals surface area contributed by atoms with Gasteiger partial charge < -0.3 is 10.2 Å². The predicted molar refractivity (Wildman–Crippen MR) is 80.8 cm³/mol. The van der Waals surface area contributed by atoms with E-state index in [0.717, 1.165) is 30.5 Å². The van der Waals surface area contributed by atoms with Crippen molar-refractivity contribution >= 4 is 11.8 Å². The minimum Gasteiger partial charge on any atom is -0.356 e. The first-order valence-corrected chi connectivity index (χ1v) is 7.33. The maximum absolute atomic E-state index is 4.69. The van der Waals surface area contributed by atoms with Gasteiger partial charge in [0.2, 0.25) is 5.95 Å². The zero-order valence-corrected chi connectivity index (χ0v) is 12.7. The molecule has 1 aliphatic rings. The highest BCUT2D eigenvalue weighted by Crippen LogP contribution is 2.20. The van der Waals surface area contributed by atoms with Gasteiger partial charge >= 0.3 is 0 Å². The van der Waals surface area contributed by atoms with Crippen LogP contribution in [-0.2, 0) is 0 Å². The van der Waals surface area contributed by atoms with Crippen LogP contribution in [0.3, 0.4) is 0 Å². The highest BCUT2D eigenvalue weighted by atomic mass is 15.2. The number of rotatable bonds is 2. The predicted octanol–water partition coefficient (Wildman–Crippen LogP) is 3.38. The average Bonchev–Trinajstić information content (AvgIpc) is 2.53. The molecule has 1 fully saturated rings. The molecule has 1 N–H and O–H groups in total. The van der Waals surface area contributed by atoms with Crippen molar-refractivity contribution in [2.45, 2.75) is 58.9 Å². The fourth-order valence-electron chi connectivity index (χ4n) is 2.41. The standard InChI is InChI=1S/C15H26N4/c1-12-11-13(19-9-7-5-6-8-10-19)17-14(16-12)18-15(2,3)4/h11H,5-10H2,1-4H3,(H,16,17,18). The van der Waals surface area contributed by atoms with Gasteiger partial charge in [-0.3, -0.25) is 0 Å². The van der Waals surface area contributed by atoms with E-state index in [-0.39, 0.29) is 5.54 Å². The molecule has 0 aliphatic carbocycles. The summed E-state index contributed by atoms with van der Waals surface area (Å²) in [5, 5.41) is 3.37. The van der Waals surface area contributed by atoms with Crippen LogP contribution in [0.5, 0.6) is 0 Å². The Morgan fingerprint density at radius 3 is 2.26 bits per heavy atom. The van der Waals surface area contributed by atoms with Crippen molar-refractivity contribution in [3.05, 3.63) is 11.8 Å². The molecule has 1 aromatic rings. The monoisotopic (exact) mass is 262 g/mol. The summed E-state index contributed by atoms with van der Waals surface area (Å²) in [5.74, 6) is 1.81. The summed E-state index contributed by atoms with van der Waals surface area (Å²) in [7, 11) is 0. The summed E-state index contributed by atoms with van der Waals surface area (Å²) in [6.45, 7) is 10.7. The Morgan fingerprint density at radius 1 is 1.05 bits per heavy atom. The zero-order valence-electron chi connectivity index (χ0n) is 12.7. The van der Waals surface area contributed by atoms with Crippen molar-refractivity contribution in [3.8, 4) is 0 Å². The van der Waals surface area contributed by atoms with Gasteiger partial charge in [-0.05, 0) is 40.5 Å². The van der Waals surface area contributed by atoms with E-state index in [9.17, 15) is 0 Å². The molecule has 106 valence electrons. The lowest BCUT2D eigenvalue weighted by Gasteiger charge is -2.25. The first-order chi connectivity index (χ1) is 8.94. The number of hydrogen-bond donors (Lipinski definition) is 1. The maximum atomic E-state index is 4.69. The van der Waals surface area contributed by atoms with Gasteiger partial charge in [-0.15, -0.1) is 0 Å². The molecule has 2 rings (SSSR count). The van der Waals surface area contributed by atoms with Crippen LogP contribution in [-0.4, -0.2) is 28.6 Å². The lowest BCUT2D eigenvalue weighted by atomic mass is 10.1. The third-order valence-corrected chi connectivity index (χ3v) is 3.26. The Hall–Kier alpha value is -1.32. The van der Waals surface area contributed by atoms with Crippen molar-refractivity contribution in [2.24, 2.45) is 0 Å². The van der Waals surface area contributed by atoms with E-state index in [2.05, 4.69) is 47.0 Å². The molecular weight excluding hydrogens is 236 g/mol. The molecule has 0 amide bonds.